The summed E-state index contributed by atoms with van der Waals surface area (Å²) in [6.07, 6.45) is -0.380. The number of aliphatic hydroxyl groups is 2. The van der Waals surface area contributed by atoms with Crippen molar-refractivity contribution in [2.45, 2.75) is 44.9 Å². The van der Waals surface area contributed by atoms with E-state index in [0.717, 1.165) is 33.2 Å². The molecule has 2 heterocycles. The fourth-order valence-electron chi connectivity index (χ4n) is 3.78. The minimum atomic E-state index is -1.37. The van der Waals surface area contributed by atoms with Crippen LogP contribution < -0.4 is 0 Å². The average molecular weight is 433 g/mol. The SMILES string of the molecule is CCC(O)C(CCO)(OCc1ccc2ccccc2n1)OCc1ccc2ccccc2n1. The van der Waals surface area contributed by atoms with Gasteiger partial charge < -0.3 is 19.7 Å². The van der Waals surface area contributed by atoms with Crippen molar-refractivity contribution in [3.05, 3.63) is 84.2 Å². The largest absolute Gasteiger partial charge is 0.396 e. The molecule has 0 aliphatic carbocycles. The third-order valence-electron chi connectivity index (χ3n) is 5.60. The van der Waals surface area contributed by atoms with Crippen LogP contribution in [0.5, 0.6) is 0 Å². The van der Waals surface area contributed by atoms with E-state index in [0.29, 0.717) is 6.42 Å². The van der Waals surface area contributed by atoms with Crippen molar-refractivity contribution < 1.29 is 19.7 Å². The quantitative estimate of drug-likeness (QED) is 0.362. The summed E-state index contributed by atoms with van der Waals surface area (Å²) in [4.78, 5) is 9.28. The molecule has 0 spiro atoms. The second kappa shape index (κ2) is 10.1. The van der Waals surface area contributed by atoms with E-state index >= 15 is 0 Å². The third kappa shape index (κ3) is 4.95. The maximum Gasteiger partial charge on any atom is 0.197 e. The van der Waals surface area contributed by atoms with Crippen molar-refractivity contribution in [2.75, 3.05) is 6.61 Å². The normalized spacial score (nSPS) is 13.0. The molecule has 0 saturated carbocycles. The third-order valence-corrected chi connectivity index (χ3v) is 5.60. The lowest BCUT2D eigenvalue weighted by molar-refractivity contribution is -0.301. The number of pyridine rings is 2. The van der Waals surface area contributed by atoms with Gasteiger partial charge >= 0.3 is 0 Å². The van der Waals surface area contributed by atoms with E-state index in [2.05, 4.69) is 9.97 Å². The van der Waals surface area contributed by atoms with Gasteiger partial charge in [0.15, 0.2) is 5.79 Å². The molecular formula is C26H28N2O4. The average Bonchev–Trinajstić information content (AvgIpc) is 2.85. The summed E-state index contributed by atoms with van der Waals surface area (Å²) in [6, 6.07) is 23.5. The van der Waals surface area contributed by atoms with Gasteiger partial charge in [-0.1, -0.05) is 55.5 Å². The summed E-state index contributed by atoms with van der Waals surface area (Å²) < 4.78 is 12.3. The number of para-hydroxylation sites is 2. The Kier molecular flexibility index (Phi) is 7.07. The van der Waals surface area contributed by atoms with Gasteiger partial charge in [0.2, 0.25) is 0 Å². The second-order valence-electron chi connectivity index (χ2n) is 7.78. The smallest absolute Gasteiger partial charge is 0.197 e. The van der Waals surface area contributed by atoms with Gasteiger partial charge in [-0.3, -0.25) is 9.97 Å². The summed E-state index contributed by atoms with van der Waals surface area (Å²) in [5.74, 6) is -1.37. The zero-order valence-electron chi connectivity index (χ0n) is 18.1. The standard InChI is InChI=1S/C26H28N2O4/c1-2-25(30)26(15-16-29,31-17-21-13-11-19-7-3-5-9-23(19)27-21)32-18-22-14-12-20-8-4-6-10-24(20)28-22/h3-14,25,29-30H,2,15-18H2,1H3. The molecule has 6 nitrogen and oxygen atoms in total. The van der Waals surface area contributed by atoms with E-state index < -0.39 is 11.9 Å². The predicted molar refractivity (Wildman–Crippen MR) is 124 cm³/mol. The molecule has 32 heavy (non-hydrogen) atoms. The van der Waals surface area contributed by atoms with Crippen LogP contribution in [0.3, 0.4) is 0 Å². The van der Waals surface area contributed by atoms with E-state index in [1.807, 2.05) is 79.7 Å². The predicted octanol–water partition coefficient (Wildman–Crippen LogP) is 4.37. The summed E-state index contributed by atoms with van der Waals surface area (Å²) in [7, 11) is 0. The molecule has 0 aliphatic heterocycles. The maximum atomic E-state index is 10.8. The molecule has 166 valence electrons. The van der Waals surface area contributed by atoms with E-state index in [1.165, 1.54) is 0 Å². The van der Waals surface area contributed by atoms with E-state index in [-0.39, 0.29) is 26.2 Å². The topological polar surface area (TPSA) is 84.7 Å². The Morgan fingerprint density at radius 1 is 0.781 bits per heavy atom. The van der Waals surface area contributed by atoms with Crippen molar-refractivity contribution in [2.24, 2.45) is 0 Å². The second-order valence-corrected chi connectivity index (χ2v) is 7.78. The Morgan fingerprint density at radius 2 is 1.28 bits per heavy atom. The Balaban J connectivity index is 1.54. The molecule has 2 aromatic heterocycles. The van der Waals surface area contributed by atoms with Crippen LogP contribution in [0.15, 0.2) is 72.8 Å². The molecule has 4 aromatic rings. The van der Waals surface area contributed by atoms with Crippen LogP contribution in [0.25, 0.3) is 21.8 Å². The van der Waals surface area contributed by atoms with E-state index in [9.17, 15) is 10.2 Å². The molecule has 0 bridgehead atoms. The monoisotopic (exact) mass is 432 g/mol. The molecule has 1 atom stereocenters. The summed E-state index contributed by atoms with van der Waals surface area (Å²) >= 11 is 0. The Hall–Kier alpha value is -2.90. The van der Waals surface area contributed by atoms with E-state index in [4.69, 9.17) is 9.47 Å². The number of fused-ring (bicyclic) bond motifs is 2. The van der Waals surface area contributed by atoms with Crippen molar-refractivity contribution >= 4 is 21.8 Å². The highest BCUT2D eigenvalue weighted by molar-refractivity contribution is 5.79. The molecule has 6 heteroatoms. The maximum absolute atomic E-state index is 10.8. The first kappa shape index (κ1) is 22.3. The van der Waals surface area contributed by atoms with Gasteiger partial charge in [0.1, 0.15) is 6.10 Å². The Labute approximate surface area is 187 Å². The van der Waals surface area contributed by atoms with Crippen LogP contribution in [-0.4, -0.2) is 38.7 Å². The van der Waals surface area contributed by atoms with Crippen LogP contribution in [-0.2, 0) is 22.7 Å². The van der Waals surface area contributed by atoms with Crippen molar-refractivity contribution in [1.29, 1.82) is 0 Å². The molecule has 0 saturated heterocycles. The molecule has 0 aliphatic rings. The van der Waals surface area contributed by atoms with Gasteiger partial charge in [0, 0.05) is 23.8 Å². The first-order chi connectivity index (χ1) is 15.6. The van der Waals surface area contributed by atoms with Gasteiger partial charge in [0.05, 0.1) is 35.6 Å². The lowest BCUT2D eigenvalue weighted by Crippen LogP contribution is -2.48. The fraction of sp³-hybridized carbons (Fsp3) is 0.308. The summed E-state index contributed by atoms with van der Waals surface area (Å²) in [6.45, 7) is 1.96. The van der Waals surface area contributed by atoms with Crippen LogP contribution in [0.2, 0.25) is 0 Å². The highest BCUT2D eigenvalue weighted by atomic mass is 16.7. The number of ether oxygens (including phenoxy) is 2. The lowest BCUT2D eigenvalue weighted by atomic mass is 10.0. The Morgan fingerprint density at radius 3 is 1.75 bits per heavy atom. The van der Waals surface area contributed by atoms with Crippen LogP contribution in [0.4, 0.5) is 0 Å². The van der Waals surface area contributed by atoms with Crippen LogP contribution >= 0.6 is 0 Å². The number of aliphatic hydroxyl groups excluding tert-OH is 2. The zero-order chi connectivity index (χ0) is 22.4. The highest BCUT2D eigenvalue weighted by Crippen LogP contribution is 2.28. The fourth-order valence-corrected chi connectivity index (χ4v) is 3.78. The van der Waals surface area contributed by atoms with Crippen molar-refractivity contribution in [3.63, 3.8) is 0 Å². The minimum absolute atomic E-state index is 0.128. The molecular weight excluding hydrogens is 404 g/mol. The van der Waals surface area contributed by atoms with Crippen molar-refractivity contribution in [3.8, 4) is 0 Å². The number of hydrogen-bond acceptors (Lipinski definition) is 6. The van der Waals surface area contributed by atoms with Crippen LogP contribution in [0, 0.1) is 0 Å². The number of benzene rings is 2. The Bertz CT molecular complexity index is 1100. The van der Waals surface area contributed by atoms with Gasteiger partial charge in [-0.2, -0.15) is 0 Å². The van der Waals surface area contributed by atoms with Crippen LogP contribution in [0.1, 0.15) is 31.2 Å². The molecule has 4 rings (SSSR count). The molecule has 0 amide bonds. The van der Waals surface area contributed by atoms with Crippen molar-refractivity contribution in [1.82, 2.24) is 9.97 Å². The van der Waals surface area contributed by atoms with Gasteiger partial charge in [-0.25, -0.2) is 0 Å². The number of aromatic nitrogens is 2. The highest BCUT2D eigenvalue weighted by Gasteiger charge is 2.39. The summed E-state index contributed by atoms with van der Waals surface area (Å²) in [5, 5.41) is 22.6. The number of rotatable bonds is 10. The zero-order valence-corrected chi connectivity index (χ0v) is 18.1. The first-order valence-electron chi connectivity index (χ1n) is 10.9. The minimum Gasteiger partial charge on any atom is -0.396 e. The van der Waals surface area contributed by atoms with Gasteiger partial charge in [0.25, 0.3) is 0 Å². The molecule has 2 aromatic carbocycles. The molecule has 0 radical (unpaired) electrons. The number of hydrogen-bond donors (Lipinski definition) is 2. The first-order valence-corrected chi connectivity index (χ1v) is 10.9. The lowest BCUT2D eigenvalue weighted by Gasteiger charge is -2.37. The van der Waals surface area contributed by atoms with Gasteiger partial charge in [-0.05, 0) is 30.7 Å². The number of nitrogens with zero attached hydrogens (tertiary/aromatic N) is 2. The molecule has 2 N–H and O–H groups in total. The molecule has 0 fully saturated rings. The van der Waals surface area contributed by atoms with E-state index in [1.54, 1.807) is 0 Å². The molecule has 1 unspecified atom stereocenters. The summed E-state index contributed by atoms with van der Waals surface area (Å²) in [5.41, 5.74) is 3.20. The van der Waals surface area contributed by atoms with Gasteiger partial charge in [-0.15, -0.1) is 0 Å².